The number of imidazole rings is 1. The van der Waals surface area contributed by atoms with Gasteiger partial charge in [-0.1, -0.05) is 29.8 Å². The molecule has 0 aliphatic rings. The predicted molar refractivity (Wildman–Crippen MR) is 87.8 cm³/mol. The zero-order chi connectivity index (χ0) is 18.2. The molecule has 25 heavy (non-hydrogen) atoms. The van der Waals surface area contributed by atoms with Crippen molar-refractivity contribution in [2.45, 2.75) is 19.2 Å². The van der Waals surface area contributed by atoms with Crippen LogP contribution in [0.1, 0.15) is 18.7 Å². The van der Waals surface area contributed by atoms with Crippen LogP contribution in [0.15, 0.2) is 42.7 Å². The number of aliphatic hydroxyl groups excluding tert-OH is 1. The first-order valence-electron chi connectivity index (χ1n) is 7.40. The van der Waals surface area contributed by atoms with Crippen molar-refractivity contribution in [3.05, 3.63) is 53.4 Å². The Morgan fingerprint density at radius 3 is 2.64 bits per heavy atom. The molecule has 132 valence electrons. The molecule has 1 N–H and O–H groups in total. The monoisotopic (exact) mass is 370 g/mol. The lowest BCUT2D eigenvalue weighted by atomic mass is 10.1. The van der Waals surface area contributed by atoms with Crippen molar-refractivity contribution < 1.29 is 23.0 Å². The van der Waals surface area contributed by atoms with E-state index in [4.69, 9.17) is 16.3 Å². The molecule has 0 radical (unpaired) electrons. The number of benzene rings is 1. The number of pyridine rings is 1. The largest absolute Gasteiger partial charge is 0.483 e. The van der Waals surface area contributed by atoms with Gasteiger partial charge in [0.2, 0.25) is 0 Å². The number of rotatable bonds is 4. The highest BCUT2D eigenvalue weighted by Gasteiger charge is 2.29. The summed E-state index contributed by atoms with van der Waals surface area (Å²) in [5.41, 5.74) is 1.83. The van der Waals surface area contributed by atoms with Crippen LogP contribution in [0.4, 0.5) is 13.2 Å². The second-order valence-electron chi connectivity index (χ2n) is 5.54. The van der Waals surface area contributed by atoms with Gasteiger partial charge in [-0.15, -0.1) is 0 Å². The molecule has 4 nitrogen and oxygen atoms in total. The Morgan fingerprint density at radius 1 is 1.24 bits per heavy atom. The molecule has 1 unspecified atom stereocenters. The van der Waals surface area contributed by atoms with Gasteiger partial charge in [-0.3, -0.25) is 0 Å². The molecular formula is C17H14ClF3N2O2. The fourth-order valence-electron chi connectivity index (χ4n) is 2.46. The first-order chi connectivity index (χ1) is 11.7. The molecule has 0 bridgehead atoms. The average molecular weight is 371 g/mol. The summed E-state index contributed by atoms with van der Waals surface area (Å²) in [5.74, 6) is 0.0746. The molecule has 0 aliphatic heterocycles. The van der Waals surface area contributed by atoms with E-state index >= 15 is 0 Å². The van der Waals surface area contributed by atoms with Crippen LogP contribution >= 0.6 is 11.6 Å². The topological polar surface area (TPSA) is 46.8 Å². The summed E-state index contributed by atoms with van der Waals surface area (Å²) in [7, 11) is 0. The number of ether oxygens (including phenoxy) is 1. The van der Waals surface area contributed by atoms with Crippen molar-refractivity contribution >= 4 is 17.2 Å². The summed E-state index contributed by atoms with van der Waals surface area (Å²) in [6.45, 7) is 0.178. The number of aliphatic hydroxyl groups is 1. The Labute approximate surface area is 146 Å². The van der Waals surface area contributed by atoms with Crippen LogP contribution in [-0.2, 0) is 0 Å². The van der Waals surface area contributed by atoms with E-state index in [2.05, 4.69) is 4.98 Å². The van der Waals surface area contributed by atoms with Crippen LogP contribution in [0.3, 0.4) is 0 Å². The minimum Gasteiger partial charge on any atom is -0.483 e. The van der Waals surface area contributed by atoms with Crippen LogP contribution in [0.25, 0.3) is 16.8 Å². The maximum Gasteiger partial charge on any atom is 0.422 e. The van der Waals surface area contributed by atoms with Gasteiger partial charge in [0.15, 0.2) is 6.61 Å². The molecule has 0 aliphatic carbocycles. The maximum atomic E-state index is 12.5. The van der Waals surface area contributed by atoms with Gasteiger partial charge in [0.05, 0.1) is 16.8 Å². The van der Waals surface area contributed by atoms with Gasteiger partial charge in [0.1, 0.15) is 11.4 Å². The van der Waals surface area contributed by atoms with E-state index in [-0.39, 0.29) is 5.75 Å². The van der Waals surface area contributed by atoms with E-state index in [0.717, 1.165) is 0 Å². The fraction of sp³-hybridized carbons (Fsp3) is 0.235. The Bertz CT molecular complexity index is 907. The lowest BCUT2D eigenvalue weighted by molar-refractivity contribution is -0.153. The summed E-state index contributed by atoms with van der Waals surface area (Å²) in [4.78, 5) is 4.36. The van der Waals surface area contributed by atoms with Gasteiger partial charge in [-0.05, 0) is 19.1 Å². The standard InChI is InChI=1S/C17H14ClF3N2O2/c1-10(24)14-8-23-7-11(18)6-13(16(23)22-14)12-4-2-3-5-15(12)25-9-17(19,20)21/h2-8,10,24H,9H2,1H3. The van der Waals surface area contributed by atoms with E-state index in [9.17, 15) is 18.3 Å². The number of nitrogens with zero attached hydrogens (tertiary/aromatic N) is 2. The molecule has 3 aromatic rings. The number of hydrogen-bond donors (Lipinski definition) is 1. The Kier molecular flexibility index (Phi) is 4.62. The Balaban J connectivity index is 2.13. The van der Waals surface area contributed by atoms with Crippen LogP contribution in [0.2, 0.25) is 5.02 Å². The fourth-order valence-corrected chi connectivity index (χ4v) is 2.67. The summed E-state index contributed by atoms with van der Waals surface area (Å²) < 4.78 is 44.1. The third-order valence-corrected chi connectivity index (χ3v) is 3.74. The lowest BCUT2D eigenvalue weighted by Gasteiger charge is -2.14. The Hall–Kier alpha value is -2.25. The second kappa shape index (κ2) is 6.57. The first-order valence-corrected chi connectivity index (χ1v) is 7.77. The van der Waals surface area contributed by atoms with Gasteiger partial charge >= 0.3 is 6.18 Å². The molecule has 0 saturated heterocycles. The lowest BCUT2D eigenvalue weighted by Crippen LogP contribution is -2.19. The van der Waals surface area contributed by atoms with Crippen LogP contribution in [0, 0.1) is 0 Å². The number of alkyl halides is 3. The van der Waals surface area contributed by atoms with Crippen molar-refractivity contribution in [2.24, 2.45) is 0 Å². The van der Waals surface area contributed by atoms with Crippen molar-refractivity contribution in [1.82, 2.24) is 9.38 Å². The van der Waals surface area contributed by atoms with Crippen LogP contribution in [-0.4, -0.2) is 27.3 Å². The third kappa shape index (κ3) is 3.88. The molecule has 1 atom stereocenters. The van der Waals surface area contributed by atoms with E-state index in [1.165, 1.54) is 6.07 Å². The zero-order valence-electron chi connectivity index (χ0n) is 13.1. The molecule has 1 aromatic carbocycles. The quantitative estimate of drug-likeness (QED) is 0.727. The van der Waals surface area contributed by atoms with E-state index in [1.807, 2.05) is 0 Å². The number of aromatic nitrogens is 2. The first kappa shape index (κ1) is 17.6. The number of halogens is 4. The molecule has 0 spiro atoms. The van der Waals surface area contributed by atoms with Gasteiger partial charge < -0.3 is 14.2 Å². The smallest absolute Gasteiger partial charge is 0.422 e. The molecule has 0 saturated carbocycles. The number of para-hydroxylation sites is 1. The van der Waals surface area contributed by atoms with Crippen molar-refractivity contribution in [3.63, 3.8) is 0 Å². The summed E-state index contributed by atoms with van der Waals surface area (Å²) >= 11 is 6.13. The number of fused-ring (bicyclic) bond motifs is 1. The van der Waals surface area contributed by atoms with Crippen molar-refractivity contribution in [2.75, 3.05) is 6.61 Å². The molecule has 3 rings (SSSR count). The summed E-state index contributed by atoms with van der Waals surface area (Å²) in [5, 5.41) is 10.1. The normalized spacial score (nSPS) is 13.2. The molecule has 0 amide bonds. The Morgan fingerprint density at radius 2 is 1.96 bits per heavy atom. The van der Waals surface area contributed by atoms with Gasteiger partial charge in [0.25, 0.3) is 0 Å². The van der Waals surface area contributed by atoms with Crippen molar-refractivity contribution in [1.29, 1.82) is 0 Å². The highest BCUT2D eigenvalue weighted by molar-refractivity contribution is 6.31. The molecule has 2 aromatic heterocycles. The van der Waals surface area contributed by atoms with E-state index < -0.39 is 18.9 Å². The molecular weight excluding hydrogens is 357 g/mol. The van der Waals surface area contributed by atoms with Gasteiger partial charge in [-0.25, -0.2) is 4.98 Å². The SMILES string of the molecule is CC(O)c1cn2cc(Cl)cc(-c3ccccc3OCC(F)(F)F)c2n1. The molecule has 8 heteroatoms. The average Bonchev–Trinajstić information content (AvgIpc) is 2.96. The zero-order valence-corrected chi connectivity index (χ0v) is 13.8. The van der Waals surface area contributed by atoms with Gasteiger partial charge in [0, 0.05) is 23.5 Å². The van der Waals surface area contributed by atoms with Gasteiger partial charge in [-0.2, -0.15) is 13.2 Å². The van der Waals surface area contributed by atoms with E-state index in [1.54, 1.807) is 48.0 Å². The third-order valence-electron chi connectivity index (χ3n) is 3.53. The highest BCUT2D eigenvalue weighted by Crippen LogP contribution is 2.35. The van der Waals surface area contributed by atoms with Crippen molar-refractivity contribution in [3.8, 4) is 16.9 Å². The molecule has 2 heterocycles. The van der Waals surface area contributed by atoms with E-state index in [0.29, 0.717) is 27.5 Å². The van der Waals surface area contributed by atoms with Crippen LogP contribution in [0.5, 0.6) is 5.75 Å². The minimum atomic E-state index is -4.44. The summed E-state index contributed by atoms with van der Waals surface area (Å²) in [6, 6.07) is 7.96. The maximum absolute atomic E-state index is 12.5. The molecule has 0 fully saturated rings. The highest BCUT2D eigenvalue weighted by atomic mass is 35.5. The number of hydrogen-bond acceptors (Lipinski definition) is 3. The summed E-state index contributed by atoms with van der Waals surface area (Å²) in [6.07, 6.45) is -2.00. The predicted octanol–water partition coefficient (Wildman–Crippen LogP) is 4.65. The van der Waals surface area contributed by atoms with Crippen LogP contribution < -0.4 is 4.74 Å². The minimum absolute atomic E-state index is 0.0746. The second-order valence-corrected chi connectivity index (χ2v) is 5.98.